The fourth-order valence-corrected chi connectivity index (χ4v) is 6.88. The van der Waals surface area contributed by atoms with E-state index in [2.05, 4.69) is 158 Å². The molecule has 0 aliphatic rings. The van der Waals surface area contributed by atoms with Crippen LogP contribution in [-0.2, 0) is 0 Å². The number of benzene rings is 8. The molecule has 0 aliphatic carbocycles. The highest BCUT2D eigenvalue weighted by atomic mass is 14.9. The van der Waals surface area contributed by atoms with Crippen molar-refractivity contribution in [2.75, 3.05) is 0 Å². The van der Waals surface area contributed by atoms with Crippen molar-refractivity contribution in [1.29, 1.82) is 0 Å². The molecule has 1 heterocycles. The molecule has 2 nitrogen and oxygen atoms in total. The quantitative estimate of drug-likeness (QED) is 0.143. The van der Waals surface area contributed by atoms with Gasteiger partial charge in [-0.25, -0.2) is 9.97 Å². The summed E-state index contributed by atoms with van der Waals surface area (Å²) >= 11 is 0. The van der Waals surface area contributed by atoms with Gasteiger partial charge in [-0.05, 0) is 72.8 Å². The van der Waals surface area contributed by atoms with Crippen LogP contribution in [0.1, 0.15) is 0 Å². The smallest absolute Gasteiger partial charge is 0.160 e. The molecule has 9 rings (SSSR count). The van der Waals surface area contributed by atoms with Crippen LogP contribution in [0.5, 0.6) is 0 Å². The van der Waals surface area contributed by atoms with E-state index in [9.17, 15) is 0 Å². The molecular weight excluding hydrogens is 581 g/mol. The molecule has 8 aromatic carbocycles. The van der Waals surface area contributed by atoms with Crippen molar-refractivity contribution >= 4 is 32.3 Å². The minimum atomic E-state index is 0.712. The van der Waals surface area contributed by atoms with Crippen LogP contribution in [0.15, 0.2) is 182 Å². The Balaban J connectivity index is 1.16. The van der Waals surface area contributed by atoms with Crippen LogP contribution in [-0.4, -0.2) is 9.97 Å². The summed E-state index contributed by atoms with van der Waals surface area (Å²) in [5.74, 6) is 0.712. The fourth-order valence-electron chi connectivity index (χ4n) is 6.88. The van der Waals surface area contributed by atoms with Crippen LogP contribution < -0.4 is 0 Å². The predicted molar refractivity (Wildman–Crippen MR) is 202 cm³/mol. The second-order valence-electron chi connectivity index (χ2n) is 12.2. The lowest BCUT2D eigenvalue weighted by Crippen LogP contribution is -1.97. The maximum Gasteiger partial charge on any atom is 0.160 e. The molecule has 0 unspecified atom stereocenters. The van der Waals surface area contributed by atoms with Gasteiger partial charge in [0.1, 0.15) is 0 Å². The molecule has 224 valence electrons. The number of hydrogen-bond donors (Lipinski definition) is 0. The van der Waals surface area contributed by atoms with E-state index in [4.69, 9.17) is 9.97 Å². The zero-order chi connectivity index (χ0) is 31.9. The number of rotatable bonds is 5. The molecule has 0 saturated heterocycles. The Morgan fingerprint density at radius 2 is 0.854 bits per heavy atom. The Kier molecular flexibility index (Phi) is 6.84. The van der Waals surface area contributed by atoms with Gasteiger partial charge in [-0.3, -0.25) is 0 Å². The van der Waals surface area contributed by atoms with Gasteiger partial charge in [0.15, 0.2) is 5.82 Å². The minimum Gasteiger partial charge on any atom is -0.228 e. The van der Waals surface area contributed by atoms with Gasteiger partial charge in [0.25, 0.3) is 0 Å². The number of fused-ring (bicyclic) bond motifs is 4. The molecule has 0 spiro atoms. The molecule has 2 heteroatoms. The summed E-state index contributed by atoms with van der Waals surface area (Å²) in [6.45, 7) is 0. The number of nitrogens with zero attached hydrogens (tertiary/aromatic N) is 2. The molecular formula is C46H30N2. The lowest BCUT2D eigenvalue weighted by atomic mass is 9.93. The molecule has 0 atom stereocenters. The third-order valence-electron chi connectivity index (χ3n) is 9.28. The van der Waals surface area contributed by atoms with E-state index < -0.39 is 0 Å². The molecule has 9 aromatic rings. The monoisotopic (exact) mass is 610 g/mol. The molecule has 0 radical (unpaired) electrons. The number of hydrogen-bond acceptors (Lipinski definition) is 2. The molecule has 1 aromatic heterocycles. The Bertz CT molecular complexity index is 2590. The van der Waals surface area contributed by atoms with Gasteiger partial charge >= 0.3 is 0 Å². The summed E-state index contributed by atoms with van der Waals surface area (Å²) in [5.41, 5.74) is 9.62. The van der Waals surface area contributed by atoms with Crippen molar-refractivity contribution in [3.63, 3.8) is 0 Å². The Morgan fingerprint density at radius 1 is 0.271 bits per heavy atom. The van der Waals surface area contributed by atoms with Crippen molar-refractivity contribution in [1.82, 2.24) is 9.97 Å². The van der Waals surface area contributed by atoms with Gasteiger partial charge in [-0.1, -0.05) is 164 Å². The first kappa shape index (κ1) is 27.9. The first-order valence-electron chi connectivity index (χ1n) is 16.3. The van der Waals surface area contributed by atoms with E-state index in [0.29, 0.717) is 5.82 Å². The van der Waals surface area contributed by atoms with E-state index in [0.717, 1.165) is 39.2 Å². The zero-order valence-corrected chi connectivity index (χ0v) is 26.2. The highest BCUT2D eigenvalue weighted by Gasteiger charge is 2.15. The number of aromatic nitrogens is 2. The molecule has 48 heavy (non-hydrogen) atoms. The van der Waals surface area contributed by atoms with Crippen LogP contribution >= 0.6 is 0 Å². The highest BCUT2D eigenvalue weighted by molar-refractivity contribution is 6.15. The van der Waals surface area contributed by atoms with Gasteiger partial charge < -0.3 is 0 Å². The molecule has 0 saturated carbocycles. The first-order chi connectivity index (χ1) is 23.8. The van der Waals surface area contributed by atoms with Crippen LogP contribution in [0.25, 0.3) is 88.5 Å². The molecule has 0 aliphatic heterocycles. The minimum absolute atomic E-state index is 0.712. The average molecular weight is 611 g/mol. The highest BCUT2D eigenvalue weighted by Crippen LogP contribution is 2.37. The summed E-state index contributed by atoms with van der Waals surface area (Å²) < 4.78 is 0. The van der Waals surface area contributed by atoms with Crippen molar-refractivity contribution in [2.24, 2.45) is 0 Å². The summed E-state index contributed by atoms with van der Waals surface area (Å²) in [6.07, 6.45) is 0. The fraction of sp³-hybridized carbons (Fsp3) is 0. The van der Waals surface area contributed by atoms with Crippen LogP contribution in [0, 0.1) is 0 Å². The topological polar surface area (TPSA) is 25.8 Å². The largest absolute Gasteiger partial charge is 0.228 e. The van der Waals surface area contributed by atoms with Crippen molar-refractivity contribution in [3.8, 4) is 56.2 Å². The molecule has 0 bridgehead atoms. The van der Waals surface area contributed by atoms with Crippen LogP contribution in [0.4, 0.5) is 0 Å². The van der Waals surface area contributed by atoms with E-state index in [1.165, 1.54) is 43.4 Å². The van der Waals surface area contributed by atoms with Crippen molar-refractivity contribution in [2.45, 2.75) is 0 Å². The van der Waals surface area contributed by atoms with Gasteiger partial charge in [0.2, 0.25) is 0 Å². The predicted octanol–water partition coefficient (Wildman–Crippen LogP) is 12.3. The second-order valence-corrected chi connectivity index (χ2v) is 12.2. The summed E-state index contributed by atoms with van der Waals surface area (Å²) in [7, 11) is 0. The Morgan fingerprint density at radius 3 is 1.62 bits per heavy atom. The molecule has 0 fully saturated rings. The zero-order valence-electron chi connectivity index (χ0n) is 26.2. The second kappa shape index (κ2) is 11.8. The lowest BCUT2D eigenvalue weighted by Gasteiger charge is -2.14. The van der Waals surface area contributed by atoms with Crippen molar-refractivity contribution in [3.05, 3.63) is 182 Å². The van der Waals surface area contributed by atoms with Gasteiger partial charge in [0.05, 0.1) is 11.4 Å². The molecule has 0 amide bonds. The van der Waals surface area contributed by atoms with E-state index >= 15 is 0 Å². The van der Waals surface area contributed by atoms with Gasteiger partial charge in [0, 0.05) is 16.7 Å². The van der Waals surface area contributed by atoms with Crippen LogP contribution in [0.2, 0.25) is 0 Å². The Labute approximate surface area is 279 Å². The van der Waals surface area contributed by atoms with Gasteiger partial charge in [-0.15, -0.1) is 0 Å². The summed E-state index contributed by atoms with van der Waals surface area (Å²) in [6, 6.07) is 64.5. The average Bonchev–Trinajstić information content (AvgIpc) is 3.17. The van der Waals surface area contributed by atoms with Gasteiger partial charge in [-0.2, -0.15) is 0 Å². The lowest BCUT2D eigenvalue weighted by molar-refractivity contribution is 1.18. The summed E-state index contributed by atoms with van der Waals surface area (Å²) in [5, 5.41) is 7.59. The standard InChI is InChI=1S/C46H30N2/c1-3-12-31(13-4-1)39-18-9-10-19-42(39)45-30-44(47-46(48-45)34-14-5-2-6-15-34)33-24-22-32(23-25-33)38-20-11-21-40-41(38)27-26-37-28-35-16-7-8-17-36(35)29-43(37)40/h1-30H. The maximum atomic E-state index is 5.12. The van der Waals surface area contributed by atoms with Crippen molar-refractivity contribution < 1.29 is 0 Å². The van der Waals surface area contributed by atoms with E-state index in [1.54, 1.807) is 0 Å². The first-order valence-corrected chi connectivity index (χ1v) is 16.3. The van der Waals surface area contributed by atoms with Crippen LogP contribution in [0.3, 0.4) is 0 Å². The van der Waals surface area contributed by atoms with E-state index in [-0.39, 0.29) is 0 Å². The SMILES string of the molecule is c1ccc(-c2nc(-c3ccc(-c4cccc5c4ccc4cc6ccccc6cc45)cc3)cc(-c3ccccc3-c3ccccc3)n2)cc1. The third kappa shape index (κ3) is 5.01. The Hall–Kier alpha value is -6.38. The maximum absolute atomic E-state index is 5.12. The normalized spacial score (nSPS) is 11.3. The summed E-state index contributed by atoms with van der Waals surface area (Å²) in [4.78, 5) is 10.2. The third-order valence-corrected chi connectivity index (χ3v) is 9.28. The van der Waals surface area contributed by atoms with E-state index in [1.807, 2.05) is 24.3 Å². The molecule has 0 N–H and O–H groups in total.